The van der Waals surface area contributed by atoms with Gasteiger partial charge in [-0.15, -0.1) is 0 Å². The monoisotopic (exact) mass is 365 g/mol. The second kappa shape index (κ2) is 6.03. The lowest BCUT2D eigenvalue weighted by Gasteiger charge is -2.44. The van der Waals surface area contributed by atoms with Gasteiger partial charge in [0.15, 0.2) is 0 Å². The van der Waals surface area contributed by atoms with Crippen LogP contribution < -0.4 is 0 Å². The first-order chi connectivity index (χ1) is 10.9. The van der Waals surface area contributed by atoms with E-state index >= 15 is 0 Å². The fourth-order valence-electron chi connectivity index (χ4n) is 2.71. The second-order valence-electron chi connectivity index (χ2n) is 6.71. The molecule has 2 atom stereocenters. The van der Waals surface area contributed by atoms with Gasteiger partial charge in [0.25, 0.3) is 11.3 Å². The first kappa shape index (κ1) is 18.7. The van der Waals surface area contributed by atoms with Gasteiger partial charge in [-0.2, -0.15) is 17.5 Å². The van der Waals surface area contributed by atoms with Crippen molar-refractivity contribution in [2.75, 3.05) is 6.61 Å². The number of carbonyl (C=O) groups is 1. The summed E-state index contributed by atoms with van der Waals surface area (Å²) in [6, 6.07) is 4.50. The van der Waals surface area contributed by atoms with Gasteiger partial charge in [0.05, 0.1) is 17.7 Å². The van der Waals surface area contributed by atoms with Crippen molar-refractivity contribution in [3.05, 3.63) is 35.4 Å². The molecule has 1 fully saturated rings. The molecule has 1 amide bonds. The third kappa shape index (κ3) is 3.27. The summed E-state index contributed by atoms with van der Waals surface area (Å²) < 4.78 is 55.7. The Morgan fingerprint density at radius 1 is 1.29 bits per heavy atom. The van der Waals surface area contributed by atoms with Crippen LogP contribution in [0, 0.1) is 5.41 Å². The highest BCUT2D eigenvalue weighted by Gasteiger charge is 2.57. The molecule has 1 aliphatic rings. The molecule has 0 saturated carbocycles. The Morgan fingerprint density at radius 3 is 2.25 bits per heavy atom. The molecular formula is C15H18F3NO4S. The van der Waals surface area contributed by atoms with Gasteiger partial charge in [0.2, 0.25) is 0 Å². The van der Waals surface area contributed by atoms with Crippen LogP contribution in [0.1, 0.15) is 31.9 Å². The summed E-state index contributed by atoms with van der Waals surface area (Å²) in [4.78, 5) is 11.6. The zero-order valence-electron chi connectivity index (χ0n) is 13.4. The van der Waals surface area contributed by atoms with Crippen LogP contribution in [0.2, 0.25) is 0 Å². The summed E-state index contributed by atoms with van der Waals surface area (Å²) in [5, 5.41) is 9.42. The second-order valence-corrected chi connectivity index (χ2v) is 7.74. The number of nitrogens with zero attached hydrogens (tertiary/aromatic N) is 1. The lowest BCUT2D eigenvalue weighted by atomic mass is 9.70. The highest BCUT2D eigenvalue weighted by molar-refractivity contribution is 7.78. The highest BCUT2D eigenvalue weighted by atomic mass is 32.2. The molecular weight excluding hydrogens is 347 g/mol. The van der Waals surface area contributed by atoms with Crippen molar-refractivity contribution in [2.45, 2.75) is 38.9 Å². The van der Waals surface area contributed by atoms with Crippen LogP contribution in [0.15, 0.2) is 24.3 Å². The van der Waals surface area contributed by atoms with Gasteiger partial charge in [-0.25, -0.2) is 9.00 Å². The number of carboxylic acid groups (broad SMARTS) is 1. The number of alkyl halides is 3. The Labute approximate surface area is 140 Å². The minimum Gasteiger partial charge on any atom is -0.464 e. The Bertz CT molecular complexity index is 654. The molecule has 1 aromatic carbocycles. The van der Waals surface area contributed by atoms with Gasteiger partial charge in [0.1, 0.15) is 0 Å². The lowest BCUT2D eigenvalue weighted by molar-refractivity contribution is -0.137. The van der Waals surface area contributed by atoms with E-state index in [4.69, 9.17) is 4.18 Å². The normalized spacial score (nSPS) is 25.1. The molecule has 1 unspecified atom stereocenters. The van der Waals surface area contributed by atoms with Crippen LogP contribution in [0.3, 0.4) is 0 Å². The Morgan fingerprint density at radius 2 is 1.83 bits per heavy atom. The summed E-state index contributed by atoms with van der Waals surface area (Å²) in [5.41, 5.74) is -2.08. The maximum atomic E-state index is 12.7. The predicted molar refractivity (Wildman–Crippen MR) is 81.3 cm³/mol. The summed E-state index contributed by atoms with van der Waals surface area (Å²) in [6.07, 6.45) is -5.74. The molecule has 1 heterocycles. The highest BCUT2D eigenvalue weighted by Crippen LogP contribution is 2.44. The van der Waals surface area contributed by atoms with E-state index < -0.39 is 40.1 Å². The molecule has 0 aromatic heterocycles. The van der Waals surface area contributed by atoms with Crippen molar-refractivity contribution in [1.82, 2.24) is 4.31 Å². The number of rotatable bonds is 2. The average Bonchev–Trinajstić information content (AvgIpc) is 2.76. The molecule has 9 heteroatoms. The molecule has 5 nitrogen and oxygen atoms in total. The van der Waals surface area contributed by atoms with Crippen LogP contribution in [-0.2, 0) is 28.0 Å². The number of halogens is 3. The number of hydrogen-bond donors (Lipinski definition) is 1. The topological polar surface area (TPSA) is 66.8 Å². The molecule has 1 saturated heterocycles. The number of benzene rings is 1. The molecule has 0 bridgehead atoms. The van der Waals surface area contributed by atoms with Crippen LogP contribution in [0.25, 0.3) is 0 Å². The fourth-order valence-corrected chi connectivity index (χ4v) is 3.91. The molecule has 1 N–H and O–H groups in total. The molecule has 1 aliphatic heterocycles. The fraction of sp³-hybridized carbons (Fsp3) is 0.533. The molecule has 24 heavy (non-hydrogen) atoms. The van der Waals surface area contributed by atoms with Crippen molar-refractivity contribution in [1.29, 1.82) is 0 Å². The third-order valence-corrected chi connectivity index (χ3v) is 5.41. The van der Waals surface area contributed by atoms with Crippen molar-refractivity contribution in [2.24, 2.45) is 5.41 Å². The van der Waals surface area contributed by atoms with Gasteiger partial charge < -0.3 is 5.11 Å². The summed E-state index contributed by atoms with van der Waals surface area (Å²) >= 11 is -2.14. The quantitative estimate of drug-likeness (QED) is 0.869. The lowest BCUT2D eigenvalue weighted by Crippen LogP contribution is -2.58. The van der Waals surface area contributed by atoms with Crippen molar-refractivity contribution in [3.63, 3.8) is 0 Å². The molecule has 1 aromatic rings. The Kier molecular flexibility index (Phi) is 4.71. The minimum absolute atomic E-state index is 0.0900. The van der Waals surface area contributed by atoms with Crippen LogP contribution in [0.5, 0.6) is 0 Å². The van der Waals surface area contributed by atoms with Gasteiger partial charge >= 0.3 is 12.3 Å². The summed E-state index contributed by atoms with van der Waals surface area (Å²) in [7, 11) is 0. The van der Waals surface area contributed by atoms with Gasteiger partial charge in [-0.3, -0.25) is 4.18 Å². The van der Waals surface area contributed by atoms with E-state index in [1.54, 1.807) is 20.8 Å². The SMILES string of the molecule is CC(C)(C)C1(Cc2ccc(C(F)(F)F)cc2)CO[S@](=O)N1C(=O)O. The Balaban J connectivity index is 2.41. The zero-order valence-corrected chi connectivity index (χ0v) is 14.2. The molecule has 0 aliphatic carbocycles. The van der Waals surface area contributed by atoms with E-state index in [1.807, 2.05) is 0 Å². The van der Waals surface area contributed by atoms with E-state index in [0.29, 0.717) is 5.56 Å². The van der Waals surface area contributed by atoms with E-state index in [9.17, 15) is 27.3 Å². The van der Waals surface area contributed by atoms with E-state index in [1.165, 1.54) is 12.1 Å². The van der Waals surface area contributed by atoms with Crippen molar-refractivity contribution >= 4 is 17.4 Å². The molecule has 2 rings (SSSR count). The van der Waals surface area contributed by atoms with Gasteiger partial charge in [0, 0.05) is 0 Å². The van der Waals surface area contributed by atoms with E-state index in [-0.39, 0.29) is 13.0 Å². The predicted octanol–water partition coefficient (Wildman–Crippen LogP) is 3.62. The third-order valence-electron chi connectivity index (χ3n) is 4.28. The Hall–Kier alpha value is -1.61. The maximum Gasteiger partial charge on any atom is 0.421 e. The standard InChI is InChI=1S/C15H18F3NO4S/c1-13(2,3)14(9-23-24(22)19(14)12(20)21)8-10-4-6-11(7-5-10)15(16,17)18/h4-7H,8-9H2,1-3H3,(H,20,21)/t14?,24-/m0/s1. The van der Waals surface area contributed by atoms with Gasteiger partial charge in [-0.05, 0) is 29.5 Å². The van der Waals surface area contributed by atoms with Crippen molar-refractivity contribution < 1.29 is 31.5 Å². The first-order valence-corrected chi connectivity index (χ1v) is 8.16. The molecule has 0 spiro atoms. The first-order valence-electron chi connectivity index (χ1n) is 7.13. The van der Waals surface area contributed by atoms with Crippen LogP contribution in [0.4, 0.5) is 18.0 Å². The van der Waals surface area contributed by atoms with Crippen molar-refractivity contribution in [3.8, 4) is 0 Å². The van der Waals surface area contributed by atoms with E-state index in [2.05, 4.69) is 0 Å². The largest absolute Gasteiger partial charge is 0.464 e. The van der Waals surface area contributed by atoms with E-state index in [0.717, 1.165) is 16.4 Å². The minimum atomic E-state index is -4.44. The van der Waals surface area contributed by atoms with Crippen LogP contribution >= 0.6 is 0 Å². The maximum absolute atomic E-state index is 12.7. The van der Waals surface area contributed by atoms with Gasteiger partial charge in [-0.1, -0.05) is 32.9 Å². The summed E-state index contributed by atoms with van der Waals surface area (Å²) in [6.45, 7) is 5.23. The van der Waals surface area contributed by atoms with Crippen LogP contribution in [-0.4, -0.2) is 31.9 Å². The molecule has 134 valence electrons. The molecule has 0 radical (unpaired) electrons. The summed E-state index contributed by atoms with van der Waals surface area (Å²) in [5.74, 6) is 0. The smallest absolute Gasteiger partial charge is 0.421 e. The number of hydrogen-bond acceptors (Lipinski definition) is 3. The number of amides is 1. The average molecular weight is 365 g/mol. The zero-order chi connectivity index (χ0) is 18.3.